The van der Waals surface area contributed by atoms with E-state index in [1.807, 2.05) is 24.3 Å². The maximum Gasteiger partial charge on any atom is 0.111 e. The fourth-order valence-corrected chi connectivity index (χ4v) is 4.22. The minimum absolute atomic E-state index is 0.596. The molecule has 0 saturated carbocycles. The largest absolute Gasteiger partial charge is 0.328 e. The summed E-state index contributed by atoms with van der Waals surface area (Å²) in [4.78, 5) is 7.51. The second kappa shape index (κ2) is 7.54. The third kappa shape index (κ3) is 3.48. The number of hydrogen-bond donors (Lipinski definition) is 0. The van der Waals surface area contributed by atoms with Gasteiger partial charge in [0.05, 0.1) is 22.7 Å². The summed E-state index contributed by atoms with van der Waals surface area (Å²) in [6.07, 6.45) is 4.92. The summed E-state index contributed by atoms with van der Waals surface area (Å²) in [5, 5.41) is 8.99. The molecule has 0 spiro atoms. The number of piperidine rings is 1. The van der Waals surface area contributed by atoms with Crippen LogP contribution in [0.25, 0.3) is 22.2 Å². The second-order valence-corrected chi connectivity index (χ2v) is 7.50. The van der Waals surface area contributed by atoms with E-state index >= 15 is 0 Å². The quantitative estimate of drug-likeness (QED) is 0.683. The molecule has 0 amide bonds. The number of benzene rings is 2. The SMILES string of the molecule is CCn1c(CC2CCCCN2C)nc2cc(-c3ccc(C#N)cc3)ccc21. The highest BCUT2D eigenvalue weighted by Crippen LogP contribution is 2.27. The van der Waals surface area contributed by atoms with E-state index in [2.05, 4.69) is 47.7 Å². The first-order valence-corrected chi connectivity index (χ1v) is 9.89. The molecule has 0 radical (unpaired) electrons. The molecule has 1 saturated heterocycles. The molecule has 2 aromatic carbocycles. The zero-order valence-electron chi connectivity index (χ0n) is 16.2. The van der Waals surface area contributed by atoms with Gasteiger partial charge in [0.1, 0.15) is 5.82 Å². The van der Waals surface area contributed by atoms with Crippen LogP contribution in [0.15, 0.2) is 42.5 Å². The zero-order chi connectivity index (χ0) is 18.8. The van der Waals surface area contributed by atoms with Crippen LogP contribution in [-0.2, 0) is 13.0 Å². The molecule has 1 aliphatic heterocycles. The number of likely N-dealkylation sites (tertiary alicyclic amines) is 1. The van der Waals surface area contributed by atoms with Crippen LogP contribution >= 0.6 is 0 Å². The van der Waals surface area contributed by atoms with E-state index in [1.165, 1.54) is 37.1 Å². The van der Waals surface area contributed by atoms with Crippen molar-refractivity contribution in [3.05, 3.63) is 53.9 Å². The molecule has 1 fully saturated rings. The van der Waals surface area contributed by atoms with Crippen molar-refractivity contribution in [3.63, 3.8) is 0 Å². The van der Waals surface area contributed by atoms with Crippen molar-refractivity contribution in [2.24, 2.45) is 0 Å². The Morgan fingerprint density at radius 2 is 1.89 bits per heavy atom. The summed E-state index contributed by atoms with van der Waals surface area (Å²) in [6, 6.07) is 17.1. The van der Waals surface area contributed by atoms with Crippen molar-refractivity contribution in [3.8, 4) is 17.2 Å². The van der Waals surface area contributed by atoms with Gasteiger partial charge in [-0.25, -0.2) is 4.98 Å². The van der Waals surface area contributed by atoms with Crippen LogP contribution in [0.5, 0.6) is 0 Å². The molecule has 4 heteroatoms. The fraction of sp³-hybridized carbons (Fsp3) is 0.391. The molecule has 0 aliphatic carbocycles. The number of fused-ring (bicyclic) bond motifs is 1. The summed E-state index contributed by atoms with van der Waals surface area (Å²) in [5.74, 6) is 1.20. The van der Waals surface area contributed by atoms with Crippen LogP contribution in [0, 0.1) is 11.3 Å². The first kappa shape index (κ1) is 17.8. The molecule has 3 aromatic rings. The van der Waals surface area contributed by atoms with E-state index in [4.69, 9.17) is 10.2 Å². The van der Waals surface area contributed by atoms with Gasteiger partial charge in [-0.1, -0.05) is 24.6 Å². The van der Waals surface area contributed by atoms with Crippen LogP contribution in [-0.4, -0.2) is 34.1 Å². The van der Waals surface area contributed by atoms with E-state index in [0.29, 0.717) is 11.6 Å². The van der Waals surface area contributed by atoms with Gasteiger partial charge in [0.25, 0.3) is 0 Å². The number of aryl methyl sites for hydroxylation is 1. The van der Waals surface area contributed by atoms with Crippen LogP contribution in [0.1, 0.15) is 37.6 Å². The summed E-state index contributed by atoms with van der Waals surface area (Å²) in [7, 11) is 2.24. The van der Waals surface area contributed by atoms with Crippen molar-refractivity contribution in [1.29, 1.82) is 5.26 Å². The third-order valence-electron chi connectivity index (χ3n) is 5.83. The maximum absolute atomic E-state index is 8.99. The number of imidazole rings is 1. The average molecular weight is 358 g/mol. The van der Waals surface area contributed by atoms with E-state index < -0.39 is 0 Å². The highest BCUT2D eigenvalue weighted by atomic mass is 15.1. The predicted octanol–water partition coefficient (Wildman–Crippen LogP) is 4.62. The minimum Gasteiger partial charge on any atom is -0.328 e. The normalized spacial score (nSPS) is 17.9. The number of nitrogens with zero attached hydrogens (tertiary/aromatic N) is 4. The minimum atomic E-state index is 0.596. The number of nitriles is 1. The summed E-state index contributed by atoms with van der Waals surface area (Å²) >= 11 is 0. The molecule has 27 heavy (non-hydrogen) atoms. The maximum atomic E-state index is 8.99. The van der Waals surface area contributed by atoms with Crippen molar-refractivity contribution < 1.29 is 0 Å². The van der Waals surface area contributed by atoms with Gasteiger partial charge in [0.2, 0.25) is 0 Å². The first-order chi connectivity index (χ1) is 13.2. The Morgan fingerprint density at radius 3 is 2.59 bits per heavy atom. The van der Waals surface area contributed by atoms with E-state index in [0.717, 1.165) is 29.6 Å². The summed E-state index contributed by atoms with van der Waals surface area (Å²) in [5.41, 5.74) is 5.23. The molecule has 1 aromatic heterocycles. The van der Waals surface area contributed by atoms with Crippen molar-refractivity contribution in [2.45, 2.75) is 45.2 Å². The Labute approximate surface area is 161 Å². The molecular formula is C23H26N4. The molecule has 2 heterocycles. The smallest absolute Gasteiger partial charge is 0.111 e. The highest BCUT2D eigenvalue weighted by Gasteiger charge is 2.22. The highest BCUT2D eigenvalue weighted by molar-refractivity contribution is 5.82. The van der Waals surface area contributed by atoms with E-state index in [-0.39, 0.29) is 0 Å². The summed E-state index contributed by atoms with van der Waals surface area (Å²) in [6.45, 7) is 4.34. The first-order valence-electron chi connectivity index (χ1n) is 9.89. The van der Waals surface area contributed by atoms with E-state index in [9.17, 15) is 0 Å². The molecule has 1 aliphatic rings. The molecule has 1 atom stereocenters. The standard InChI is InChI=1S/C23H26N4/c1-3-27-22-12-11-19(18-9-7-17(16-24)8-10-18)14-21(22)25-23(27)15-20-6-4-5-13-26(20)2/h7-12,14,20H,3-6,13,15H2,1-2H3. The van der Waals surface area contributed by atoms with Gasteiger partial charge < -0.3 is 9.47 Å². The van der Waals surface area contributed by atoms with Crippen LogP contribution in [0.2, 0.25) is 0 Å². The van der Waals surface area contributed by atoms with Crippen LogP contribution < -0.4 is 0 Å². The van der Waals surface area contributed by atoms with Gasteiger partial charge >= 0.3 is 0 Å². The molecular weight excluding hydrogens is 332 g/mol. The molecule has 138 valence electrons. The Bertz CT molecular complexity index is 978. The average Bonchev–Trinajstić information content (AvgIpc) is 3.06. The Kier molecular flexibility index (Phi) is 4.96. The Balaban J connectivity index is 1.68. The third-order valence-corrected chi connectivity index (χ3v) is 5.83. The van der Waals surface area contributed by atoms with Crippen LogP contribution in [0.3, 0.4) is 0 Å². The van der Waals surface area contributed by atoms with Gasteiger partial charge in [-0.15, -0.1) is 0 Å². The Hall–Kier alpha value is -2.64. The van der Waals surface area contributed by atoms with Gasteiger partial charge in [0, 0.05) is 19.0 Å². The number of likely N-dealkylation sites (N-methyl/N-ethyl adjacent to an activating group) is 1. The Morgan fingerprint density at radius 1 is 1.11 bits per heavy atom. The van der Waals surface area contributed by atoms with Crippen molar-refractivity contribution >= 4 is 11.0 Å². The number of aromatic nitrogens is 2. The topological polar surface area (TPSA) is 44.9 Å². The zero-order valence-corrected chi connectivity index (χ0v) is 16.2. The van der Waals surface area contributed by atoms with Crippen molar-refractivity contribution in [2.75, 3.05) is 13.6 Å². The lowest BCUT2D eigenvalue weighted by atomic mass is 10.00. The molecule has 1 unspecified atom stereocenters. The summed E-state index contributed by atoms with van der Waals surface area (Å²) < 4.78 is 2.36. The predicted molar refractivity (Wildman–Crippen MR) is 110 cm³/mol. The monoisotopic (exact) mass is 358 g/mol. The lowest BCUT2D eigenvalue weighted by Crippen LogP contribution is -2.38. The molecule has 0 N–H and O–H groups in total. The van der Waals surface area contributed by atoms with Crippen LogP contribution in [0.4, 0.5) is 0 Å². The van der Waals surface area contributed by atoms with Gasteiger partial charge in [-0.05, 0) is 68.8 Å². The van der Waals surface area contributed by atoms with Gasteiger partial charge in [0.15, 0.2) is 0 Å². The molecule has 0 bridgehead atoms. The lowest BCUT2D eigenvalue weighted by molar-refractivity contribution is 0.182. The second-order valence-electron chi connectivity index (χ2n) is 7.50. The number of hydrogen-bond acceptors (Lipinski definition) is 3. The lowest BCUT2D eigenvalue weighted by Gasteiger charge is -2.32. The van der Waals surface area contributed by atoms with Gasteiger partial charge in [-0.3, -0.25) is 0 Å². The fourth-order valence-electron chi connectivity index (χ4n) is 4.22. The molecule has 4 nitrogen and oxygen atoms in total. The molecule has 4 rings (SSSR count). The van der Waals surface area contributed by atoms with E-state index in [1.54, 1.807) is 0 Å². The van der Waals surface area contributed by atoms with Crippen molar-refractivity contribution in [1.82, 2.24) is 14.5 Å². The van der Waals surface area contributed by atoms with Gasteiger partial charge in [-0.2, -0.15) is 5.26 Å². The number of rotatable bonds is 4.